The Hall–Kier alpha value is -1.52. The van der Waals surface area contributed by atoms with Crippen LogP contribution in [0.5, 0.6) is 5.88 Å². The zero-order valence-corrected chi connectivity index (χ0v) is 11.2. The number of aromatic carboxylic acids is 1. The fourth-order valence-corrected chi connectivity index (χ4v) is 1.68. The number of rotatable bonds is 3. The van der Waals surface area contributed by atoms with E-state index in [1.54, 1.807) is 4.68 Å². The summed E-state index contributed by atoms with van der Waals surface area (Å²) in [7, 11) is 1.47. The van der Waals surface area contributed by atoms with Gasteiger partial charge in [-0.05, 0) is 13.8 Å². The molecule has 0 aromatic carbocycles. The van der Waals surface area contributed by atoms with Crippen molar-refractivity contribution >= 4 is 5.97 Å². The van der Waals surface area contributed by atoms with Gasteiger partial charge in [0.25, 0.3) is 0 Å². The predicted octanol–water partition coefficient (Wildman–Crippen LogP) is 2.47. The van der Waals surface area contributed by atoms with Gasteiger partial charge in [0.05, 0.1) is 18.8 Å². The maximum absolute atomic E-state index is 11.4. The normalized spacial score (nSPS) is 11.9. The first-order valence-electron chi connectivity index (χ1n) is 5.60. The number of methoxy groups -OCH3 is 1. The van der Waals surface area contributed by atoms with Gasteiger partial charge in [-0.15, -0.1) is 0 Å². The molecule has 0 aliphatic carbocycles. The quantitative estimate of drug-likeness (QED) is 0.881. The second-order valence-corrected chi connectivity index (χ2v) is 5.33. The van der Waals surface area contributed by atoms with E-state index in [9.17, 15) is 9.90 Å². The maximum Gasteiger partial charge on any atom is 0.343 e. The van der Waals surface area contributed by atoms with Crippen LogP contribution in [0.15, 0.2) is 0 Å². The Labute approximate surface area is 101 Å². The molecule has 0 saturated heterocycles. The number of carboxylic acids is 1. The standard InChI is InChI=1S/C12H20N2O3/c1-7(2)14-10(17-6)8(11(15)16)9(13-14)12(3,4)5/h7H,1-6H3,(H,15,16). The molecule has 0 fully saturated rings. The number of carboxylic acid groups (broad SMARTS) is 1. The molecule has 5 heteroatoms. The van der Waals surface area contributed by atoms with E-state index in [2.05, 4.69) is 5.10 Å². The Bertz CT molecular complexity index is 428. The van der Waals surface area contributed by atoms with Gasteiger partial charge in [0.1, 0.15) is 5.56 Å². The molecule has 0 radical (unpaired) electrons. The molecule has 0 aliphatic heterocycles. The molecule has 1 aromatic rings. The smallest absolute Gasteiger partial charge is 0.343 e. The van der Waals surface area contributed by atoms with Gasteiger partial charge in [-0.1, -0.05) is 20.8 Å². The molecule has 0 atom stereocenters. The minimum atomic E-state index is -1.00. The van der Waals surface area contributed by atoms with Gasteiger partial charge in [0.2, 0.25) is 5.88 Å². The van der Waals surface area contributed by atoms with E-state index in [4.69, 9.17) is 4.74 Å². The summed E-state index contributed by atoms with van der Waals surface area (Å²) in [5.41, 5.74) is 0.380. The van der Waals surface area contributed by atoms with Crippen molar-refractivity contribution in [3.8, 4) is 5.88 Å². The molecule has 0 unspecified atom stereocenters. The summed E-state index contributed by atoms with van der Waals surface area (Å²) in [5.74, 6) is -0.684. The van der Waals surface area contributed by atoms with Crippen LogP contribution in [0.4, 0.5) is 0 Å². The molecule has 0 aliphatic rings. The zero-order chi connectivity index (χ0) is 13.4. The maximum atomic E-state index is 11.4. The van der Waals surface area contributed by atoms with Crippen LogP contribution in [0.1, 0.15) is 56.7 Å². The number of nitrogens with zero attached hydrogens (tertiary/aromatic N) is 2. The minimum Gasteiger partial charge on any atom is -0.481 e. The zero-order valence-electron chi connectivity index (χ0n) is 11.2. The highest BCUT2D eigenvalue weighted by Crippen LogP contribution is 2.33. The first-order valence-corrected chi connectivity index (χ1v) is 5.60. The van der Waals surface area contributed by atoms with Crippen molar-refractivity contribution in [1.29, 1.82) is 0 Å². The van der Waals surface area contributed by atoms with Crippen molar-refractivity contribution in [2.45, 2.75) is 46.1 Å². The van der Waals surface area contributed by atoms with Crippen LogP contribution in [0.2, 0.25) is 0 Å². The SMILES string of the molecule is COc1c(C(=O)O)c(C(C)(C)C)nn1C(C)C. The molecule has 17 heavy (non-hydrogen) atoms. The molecular weight excluding hydrogens is 220 g/mol. The van der Waals surface area contributed by atoms with Gasteiger partial charge in [-0.25, -0.2) is 9.48 Å². The van der Waals surface area contributed by atoms with Gasteiger partial charge < -0.3 is 9.84 Å². The highest BCUT2D eigenvalue weighted by Gasteiger charge is 2.32. The van der Waals surface area contributed by atoms with E-state index < -0.39 is 5.97 Å². The van der Waals surface area contributed by atoms with E-state index in [1.807, 2.05) is 34.6 Å². The van der Waals surface area contributed by atoms with E-state index in [0.717, 1.165) is 0 Å². The summed E-state index contributed by atoms with van der Waals surface area (Å²) < 4.78 is 6.81. The van der Waals surface area contributed by atoms with Crippen LogP contribution >= 0.6 is 0 Å². The average molecular weight is 240 g/mol. The third-order valence-electron chi connectivity index (χ3n) is 2.47. The lowest BCUT2D eigenvalue weighted by Gasteiger charge is -2.15. The number of hydrogen-bond acceptors (Lipinski definition) is 3. The second kappa shape index (κ2) is 4.39. The fourth-order valence-electron chi connectivity index (χ4n) is 1.68. The van der Waals surface area contributed by atoms with Crippen molar-refractivity contribution < 1.29 is 14.6 Å². The molecule has 0 saturated carbocycles. The minimum absolute atomic E-state index is 0.0548. The highest BCUT2D eigenvalue weighted by molar-refractivity contribution is 5.92. The predicted molar refractivity (Wildman–Crippen MR) is 64.8 cm³/mol. The van der Waals surface area contributed by atoms with Crippen molar-refractivity contribution in [1.82, 2.24) is 9.78 Å². The first-order chi connectivity index (χ1) is 7.70. The lowest BCUT2D eigenvalue weighted by atomic mass is 9.89. The summed E-state index contributed by atoms with van der Waals surface area (Å²) in [5, 5.41) is 13.7. The topological polar surface area (TPSA) is 64.3 Å². The second-order valence-electron chi connectivity index (χ2n) is 5.33. The monoisotopic (exact) mass is 240 g/mol. The summed E-state index contributed by atoms with van der Waals surface area (Å²) >= 11 is 0. The van der Waals surface area contributed by atoms with Gasteiger partial charge in [0, 0.05) is 5.41 Å². The lowest BCUT2D eigenvalue weighted by Crippen LogP contribution is -2.17. The van der Waals surface area contributed by atoms with Crippen molar-refractivity contribution in [2.24, 2.45) is 0 Å². The molecule has 1 heterocycles. The Kier molecular flexibility index (Phi) is 3.50. The molecule has 96 valence electrons. The third kappa shape index (κ3) is 2.43. The Morgan fingerprint density at radius 1 is 1.41 bits per heavy atom. The Morgan fingerprint density at radius 2 is 1.94 bits per heavy atom. The van der Waals surface area contributed by atoms with Crippen LogP contribution in [0.3, 0.4) is 0 Å². The summed E-state index contributed by atoms with van der Waals surface area (Å²) in [6.07, 6.45) is 0. The largest absolute Gasteiger partial charge is 0.481 e. The van der Waals surface area contributed by atoms with Crippen LogP contribution in [-0.2, 0) is 5.41 Å². The van der Waals surface area contributed by atoms with Crippen molar-refractivity contribution in [3.05, 3.63) is 11.3 Å². The highest BCUT2D eigenvalue weighted by atomic mass is 16.5. The lowest BCUT2D eigenvalue weighted by molar-refractivity contribution is 0.0690. The molecule has 5 nitrogen and oxygen atoms in total. The van der Waals surface area contributed by atoms with Gasteiger partial charge in [-0.2, -0.15) is 5.10 Å². The summed E-state index contributed by atoms with van der Waals surface area (Å²) in [6.45, 7) is 9.69. The summed E-state index contributed by atoms with van der Waals surface area (Å²) in [6, 6.07) is 0.0548. The van der Waals surface area contributed by atoms with E-state index in [1.165, 1.54) is 7.11 Å². The van der Waals surface area contributed by atoms with Crippen LogP contribution in [0.25, 0.3) is 0 Å². The van der Waals surface area contributed by atoms with Crippen molar-refractivity contribution in [2.75, 3.05) is 7.11 Å². The van der Waals surface area contributed by atoms with Crippen molar-refractivity contribution in [3.63, 3.8) is 0 Å². The number of ether oxygens (including phenoxy) is 1. The van der Waals surface area contributed by atoms with Crippen LogP contribution in [-0.4, -0.2) is 28.0 Å². The van der Waals surface area contributed by atoms with Gasteiger partial charge >= 0.3 is 5.97 Å². The molecule has 1 aromatic heterocycles. The van der Waals surface area contributed by atoms with E-state index in [-0.39, 0.29) is 17.0 Å². The third-order valence-corrected chi connectivity index (χ3v) is 2.47. The van der Waals surface area contributed by atoms with Crippen LogP contribution in [0, 0.1) is 0 Å². The van der Waals surface area contributed by atoms with E-state index in [0.29, 0.717) is 11.6 Å². The fraction of sp³-hybridized carbons (Fsp3) is 0.667. The first kappa shape index (κ1) is 13.5. The van der Waals surface area contributed by atoms with Gasteiger partial charge in [0.15, 0.2) is 0 Å². The van der Waals surface area contributed by atoms with Gasteiger partial charge in [-0.3, -0.25) is 0 Å². The molecular formula is C12H20N2O3. The van der Waals surface area contributed by atoms with Crippen LogP contribution < -0.4 is 4.74 Å². The average Bonchev–Trinajstić information content (AvgIpc) is 2.55. The molecule has 1 rings (SSSR count). The molecule has 1 N–H and O–H groups in total. The Balaban J connectivity index is 3.56. The summed E-state index contributed by atoms with van der Waals surface area (Å²) in [4.78, 5) is 11.4. The Morgan fingerprint density at radius 3 is 2.24 bits per heavy atom. The molecule has 0 amide bonds. The number of hydrogen-bond donors (Lipinski definition) is 1. The molecule has 0 bridgehead atoms. The number of carbonyl (C=O) groups is 1. The molecule has 0 spiro atoms. The number of aromatic nitrogens is 2. The van der Waals surface area contributed by atoms with E-state index >= 15 is 0 Å².